The molecule has 0 bridgehead atoms. The van der Waals surface area contributed by atoms with Gasteiger partial charge in [-0.1, -0.05) is 12.1 Å². The summed E-state index contributed by atoms with van der Waals surface area (Å²) in [4.78, 5) is 17.2. The Hall–Kier alpha value is -3.06. The predicted molar refractivity (Wildman–Crippen MR) is 123 cm³/mol. The Balaban J connectivity index is 1.68. The summed E-state index contributed by atoms with van der Waals surface area (Å²) in [5.41, 5.74) is 1.84. The van der Waals surface area contributed by atoms with Crippen LogP contribution in [0.25, 0.3) is 6.08 Å². The molecule has 172 valence electrons. The van der Waals surface area contributed by atoms with Crippen LogP contribution in [-0.4, -0.2) is 62.2 Å². The molecule has 2 aromatic rings. The highest BCUT2D eigenvalue weighted by Crippen LogP contribution is 2.38. The van der Waals surface area contributed by atoms with E-state index in [-0.39, 0.29) is 23.8 Å². The van der Waals surface area contributed by atoms with Gasteiger partial charge in [0.25, 0.3) is 0 Å². The van der Waals surface area contributed by atoms with E-state index in [2.05, 4.69) is 18.7 Å². The lowest BCUT2D eigenvalue weighted by atomic mass is 10.1. The average Bonchev–Trinajstić information content (AvgIpc) is 2.80. The number of carbonyl (C=O) groups is 1. The number of amides is 1. The van der Waals surface area contributed by atoms with Crippen molar-refractivity contribution >= 4 is 12.0 Å². The third-order valence-corrected chi connectivity index (χ3v) is 5.80. The predicted octanol–water partition coefficient (Wildman–Crippen LogP) is 3.99. The molecule has 1 aliphatic rings. The number of methoxy groups -OCH3 is 3. The first kappa shape index (κ1) is 23.6. The summed E-state index contributed by atoms with van der Waals surface area (Å²) in [6, 6.07) is 10.4. The van der Waals surface area contributed by atoms with Gasteiger partial charge in [-0.25, -0.2) is 4.39 Å². The second-order valence-electron chi connectivity index (χ2n) is 8.04. The van der Waals surface area contributed by atoms with Gasteiger partial charge in [0.15, 0.2) is 11.5 Å². The van der Waals surface area contributed by atoms with Gasteiger partial charge in [0.2, 0.25) is 11.7 Å². The molecule has 0 saturated carbocycles. The van der Waals surface area contributed by atoms with Crippen molar-refractivity contribution in [2.45, 2.75) is 32.5 Å². The zero-order valence-electron chi connectivity index (χ0n) is 19.3. The first-order valence-electron chi connectivity index (χ1n) is 10.6. The molecule has 3 rings (SSSR count). The Bertz CT molecular complexity index is 936. The van der Waals surface area contributed by atoms with Gasteiger partial charge in [0, 0.05) is 37.8 Å². The number of benzene rings is 2. The van der Waals surface area contributed by atoms with Crippen molar-refractivity contribution in [1.82, 2.24) is 9.80 Å². The number of nitrogens with zero attached hydrogens (tertiary/aromatic N) is 2. The maximum absolute atomic E-state index is 13.2. The van der Waals surface area contributed by atoms with Crippen LogP contribution in [0.5, 0.6) is 17.2 Å². The van der Waals surface area contributed by atoms with Gasteiger partial charge in [-0.15, -0.1) is 0 Å². The van der Waals surface area contributed by atoms with Crippen LogP contribution in [0, 0.1) is 5.82 Å². The second kappa shape index (κ2) is 10.5. The van der Waals surface area contributed by atoms with Crippen molar-refractivity contribution in [3.05, 3.63) is 59.4 Å². The lowest BCUT2D eigenvalue weighted by Gasteiger charge is -2.44. The summed E-state index contributed by atoms with van der Waals surface area (Å²) >= 11 is 0. The second-order valence-corrected chi connectivity index (χ2v) is 8.04. The van der Waals surface area contributed by atoms with Crippen molar-refractivity contribution in [3.63, 3.8) is 0 Å². The molecule has 0 radical (unpaired) electrons. The topological polar surface area (TPSA) is 51.2 Å². The summed E-state index contributed by atoms with van der Waals surface area (Å²) in [6.45, 7) is 6.27. The highest BCUT2D eigenvalue weighted by atomic mass is 19.1. The standard InChI is InChI=1S/C25H31FN2O4/c1-17-15-28(18(2)14-27(17)16-19-6-9-21(26)10-7-19)24(29)11-8-20-12-22(30-3)25(32-5)23(13-20)31-4/h6-13,17-18H,14-16H2,1-5H3/b11-8+/t17-,18+/m0/s1. The summed E-state index contributed by atoms with van der Waals surface area (Å²) in [6.07, 6.45) is 3.34. The van der Waals surface area contributed by atoms with Crippen LogP contribution in [0.2, 0.25) is 0 Å². The third kappa shape index (κ3) is 5.40. The Labute approximate surface area is 189 Å². The number of hydrogen-bond acceptors (Lipinski definition) is 5. The number of hydrogen-bond donors (Lipinski definition) is 0. The Morgan fingerprint density at radius 1 is 1.00 bits per heavy atom. The summed E-state index contributed by atoms with van der Waals surface area (Å²) in [7, 11) is 4.67. The lowest BCUT2D eigenvalue weighted by Crippen LogP contribution is -2.57. The SMILES string of the molecule is COc1cc(/C=C/C(=O)N2C[C@H](C)N(Cc3ccc(F)cc3)C[C@H]2C)cc(OC)c1OC. The van der Waals surface area contributed by atoms with Crippen molar-refractivity contribution in [1.29, 1.82) is 0 Å². The molecule has 1 saturated heterocycles. The molecule has 0 unspecified atom stereocenters. The van der Waals surface area contributed by atoms with Crippen molar-refractivity contribution in [2.24, 2.45) is 0 Å². The molecule has 1 fully saturated rings. The van der Waals surface area contributed by atoms with Gasteiger partial charge in [-0.05, 0) is 55.3 Å². The fourth-order valence-electron chi connectivity index (χ4n) is 4.01. The van der Waals surface area contributed by atoms with Gasteiger partial charge >= 0.3 is 0 Å². The summed E-state index contributed by atoms with van der Waals surface area (Å²) < 4.78 is 29.3. The molecule has 0 aromatic heterocycles. The molecule has 6 nitrogen and oxygen atoms in total. The van der Waals surface area contributed by atoms with Crippen LogP contribution in [0.1, 0.15) is 25.0 Å². The van der Waals surface area contributed by atoms with E-state index in [4.69, 9.17) is 14.2 Å². The minimum atomic E-state index is -0.232. The molecule has 2 aromatic carbocycles. The molecule has 0 N–H and O–H groups in total. The van der Waals surface area contributed by atoms with Crippen molar-refractivity contribution < 1.29 is 23.4 Å². The van der Waals surface area contributed by atoms with Gasteiger partial charge in [-0.3, -0.25) is 9.69 Å². The molecular weight excluding hydrogens is 411 g/mol. The van der Waals surface area contributed by atoms with E-state index in [1.807, 2.05) is 17.0 Å². The number of ether oxygens (including phenoxy) is 3. The minimum Gasteiger partial charge on any atom is -0.493 e. The summed E-state index contributed by atoms with van der Waals surface area (Å²) in [5.74, 6) is 1.31. The first-order valence-corrected chi connectivity index (χ1v) is 10.6. The van der Waals surface area contributed by atoms with E-state index in [1.54, 1.807) is 45.6 Å². The Kier molecular flexibility index (Phi) is 7.75. The number of carbonyl (C=O) groups excluding carboxylic acids is 1. The maximum Gasteiger partial charge on any atom is 0.246 e. The number of piperazine rings is 1. The summed E-state index contributed by atoms with van der Waals surface area (Å²) in [5, 5.41) is 0. The van der Waals surface area contributed by atoms with E-state index in [1.165, 1.54) is 12.1 Å². The zero-order chi connectivity index (χ0) is 23.3. The van der Waals surface area contributed by atoms with Crippen molar-refractivity contribution in [2.75, 3.05) is 34.4 Å². The molecule has 0 spiro atoms. The molecule has 2 atom stereocenters. The normalized spacial score (nSPS) is 19.2. The molecule has 7 heteroatoms. The van der Waals surface area contributed by atoms with E-state index in [9.17, 15) is 9.18 Å². The first-order chi connectivity index (χ1) is 15.4. The molecular formula is C25H31FN2O4. The van der Waals surface area contributed by atoms with E-state index >= 15 is 0 Å². The Morgan fingerprint density at radius 2 is 1.62 bits per heavy atom. The number of rotatable bonds is 7. The highest BCUT2D eigenvalue weighted by molar-refractivity contribution is 5.92. The van der Waals surface area contributed by atoms with Gasteiger partial charge in [-0.2, -0.15) is 0 Å². The van der Waals surface area contributed by atoms with Gasteiger partial charge in [0.05, 0.1) is 21.3 Å². The van der Waals surface area contributed by atoms with Crippen LogP contribution in [0.3, 0.4) is 0 Å². The smallest absolute Gasteiger partial charge is 0.246 e. The van der Waals surface area contributed by atoms with Crippen LogP contribution < -0.4 is 14.2 Å². The minimum absolute atomic E-state index is 0.0421. The fourth-order valence-corrected chi connectivity index (χ4v) is 4.01. The van der Waals surface area contributed by atoms with Crippen LogP contribution in [0.15, 0.2) is 42.5 Å². The molecule has 32 heavy (non-hydrogen) atoms. The molecule has 1 aliphatic heterocycles. The monoisotopic (exact) mass is 442 g/mol. The molecule has 0 aliphatic carbocycles. The van der Waals surface area contributed by atoms with E-state index < -0.39 is 0 Å². The average molecular weight is 443 g/mol. The van der Waals surface area contributed by atoms with Crippen LogP contribution in [-0.2, 0) is 11.3 Å². The lowest BCUT2D eigenvalue weighted by molar-refractivity contribution is -0.131. The van der Waals surface area contributed by atoms with E-state index in [0.717, 1.165) is 24.2 Å². The third-order valence-electron chi connectivity index (χ3n) is 5.80. The van der Waals surface area contributed by atoms with E-state index in [0.29, 0.717) is 23.8 Å². The quantitative estimate of drug-likeness (QED) is 0.607. The van der Waals surface area contributed by atoms with Crippen molar-refractivity contribution in [3.8, 4) is 17.2 Å². The van der Waals surface area contributed by atoms with Gasteiger partial charge in [0.1, 0.15) is 5.82 Å². The Morgan fingerprint density at radius 3 is 2.19 bits per heavy atom. The molecule has 1 heterocycles. The van der Waals surface area contributed by atoms with Gasteiger partial charge < -0.3 is 19.1 Å². The molecule has 1 amide bonds. The number of halogens is 1. The maximum atomic E-state index is 13.2. The fraction of sp³-hybridized carbons (Fsp3) is 0.400. The van der Waals surface area contributed by atoms with Crippen LogP contribution >= 0.6 is 0 Å². The highest BCUT2D eigenvalue weighted by Gasteiger charge is 2.31. The zero-order valence-corrected chi connectivity index (χ0v) is 19.3. The van der Waals surface area contributed by atoms with Crippen LogP contribution in [0.4, 0.5) is 4.39 Å². The largest absolute Gasteiger partial charge is 0.493 e.